The maximum Gasteiger partial charge on any atom is 0.133 e. The number of halogens is 2. The lowest BCUT2D eigenvalue weighted by Gasteiger charge is -2.16. The number of hydrogen-bond donors (Lipinski definition) is 1. The van der Waals surface area contributed by atoms with Crippen LogP contribution in [0.25, 0.3) is 0 Å². The Morgan fingerprint density at radius 3 is 2.60 bits per heavy atom. The highest BCUT2D eigenvalue weighted by Crippen LogP contribution is 2.31. The zero-order valence-corrected chi connectivity index (χ0v) is 12.9. The summed E-state index contributed by atoms with van der Waals surface area (Å²) >= 11 is 3.42. The van der Waals surface area contributed by atoms with Gasteiger partial charge in [0.15, 0.2) is 0 Å². The highest BCUT2D eigenvalue weighted by Gasteiger charge is 2.15. The second-order valence-corrected chi connectivity index (χ2v) is 5.38. The van der Waals surface area contributed by atoms with Crippen molar-refractivity contribution in [2.75, 3.05) is 6.61 Å². The largest absolute Gasteiger partial charge is 0.493 e. The number of ether oxygens (including phenoxy) is 1. The van der Waals surface area contributed by atoms with Crippen molar-refractivity contribution in [2.24, 2.45) is 0 Å². The zero-order valence-electron chi connectivity index (χ0n) is 11.4. The van der Waals surface area contributed by atoms with Crippen LogP contribution < -0.4 is 4.74 Å². The van der Waals surface area contributed by atoms with Crippen molar-refractivity contribution < 1.29 is 14.2 Å². The van der Waals surface area contributed by atoms with E-state index >= 15 is 0 Å². The van der Waals surface area contributed by atoms with Gasteiger partial charge in [0.25, 0.3) is 0 Å². The Labute approximate surface area is 126 Å². The van der Waals surface area contributed by atoms with Crippen LogP contribution in [0, 0.1) is 12.7 Å². The molecule has 0 radical (unpaired) electrons. The molecule has 0 saturated carbocycles. The van der Waals surface area contributed by atoms with Crippen LogP contribution in [0.3, 0.4) is 0 Å². The van der Waals surface area contributed by atoms with Crippen LogP contribution in [0.1, 0.15) is 29.7 Å². The average Bonchev–Trinajstić information content (AvgIpc) is 2.40. The fraction of sp³-hybridized carbons (Fsp3) is 0.250. The van der Waals surface area contributed by atoms with E-state index in [2.05, 4.69) is 15.9 Å². The first-order chi connectivity index (χ1) is 9.52. The van der Waals surface area contributed by atoms with Crippen molar-refractivity contribution in [3.05, 3.63) is 63.4 Å². The molecule has 0 fully saturated rings. The SMILES string of the molecule is CCOc1ccc(C(O)c2ccc(F)cc2C)cc1Br. The second kappa shape index (κ2) is 6.37. The molecule has 2 nitrogen and oxygen atoms in total. The molecule has 0 bridgehead atoms. The van der Waals surface area contributed by atoms with Crippen LogP contribution in [0.2, 0.25) is 0 Å². The Kier molecular flexibility index (Phi) is 4.78. The maximum atomic E-state index is 13.1. The molecular formula is C16H16BrFO2. The minimum absolute atomic E-state index is 0.300. The first kappa shape index (κ1) is 15.0. The molecule has 0 heterocycles. The van der Waals surface area contributed by atoms with E-state index in [1.165, 1.54) is 12.1 Å². The summed E-state index contributed by atoms with van der Waals surface area (Å²) in [5.41, 5.74) is 2.15. The Morgan fingerprint density at radius 1 is 1.25 bits per heavy atom. The molecule has 2 rings (SSSR count). The van der Waals surface area contributed by atoms with E-state index in [0.29, 0.717) is 12.2 Å². The molecular weight excluding hydrogens is 323 g/mol. The van der Waals surface area contributed by atoms with Gasteiger partial charge in [-0.3, -0.25) is 0 Å². The molecule has 2 aromatic carbocycles. The quantitative estimate of drug-likeness (QED) is 0.896. The fourth-order valence-electron chi connectivity index (χ4n) is 2.09. The van der Waals surface area contributed by atoms with Gasteiger partial charge in [-0.05, 0) is 70.7 Å². The Morgan fingerprint density at radius 2 is 2.00 bits per heavy atom. The Bertz CT molecular complexity index is 613. The average molecular weight is 339 g/mol. The smallest absolute Gasteiger partial charge is 0.133 e. The molecule has 106 valence electrons. The minimum Gasteiger partial charge on any atom is -0.493 e. The van der Waals surface area contributed by atoms with Gasteiger partial charge < -0.3 is 9.84 Å². The summed E-state index contributed by atoms with van der Waals surface area (Å²) in [4.78, 5) is 0. The number of benzene rings is 2. The highest BCUT2D eigenvalue weighted by atomic mass is 79.9. The van der Waals surface area contributed by atoms with Gasteiger partial charge in [-0.2, -0.15) is 0 Å². The fourth-order valence-corrected chi connectivity index (χ4v) is 2.60. The van der Waals surface area contributed by atoms with E-state index in [0.717, 1.165) is 21.3 Å². The number of aliphatic hydroxyl groups is 1. The first-order valence-electron chi connectivity index (χ1n) is 6.39. The molecule has 1 N–H and O–H groups in total. The van der Waals surface area contributed by atoms with Gasteiger partial charge in [-0.15, -0.1) is 0 Å². The van der Waals surface area contributed by atoms with Gasteiger partial charge >= 0.3 is 0 Å². The third-order valence-corrected chi connectivity index (χ3v) is 3.72. The summed E-state index contributed by atoms with van der Waals surface area (Å²) in [5.74, 6) is 0.436. The first-order valence-corrected chi connectivity index (χ1v) is 7.18. The molecule has 20 heavy (non-hydrogen) atoms. The van der Waals surface area contributed by atoms with Gasteiger partial charge in [0.1, 0.15) is 17.7 Å². The van der Waals surface area contributed by atoms with Crippen LogP contribution in [-0.2, 0) is 0 Å². The van der Waals surface area contributed by atoms with Gasteiger partial charge in [0.05, 0.1) is 11.1 Å². The van der Waals surface area contributed by atoms with Gasteiger partial charge in [0, 0.05) is 0 Å². The topological polar surface area (TPSA) is 29.5 Å². The summed E-state index contributed by atoms with van der Waals surface area (Å²) in [7, 11) is 0. The normalized spacial score (nSPS) is 12.2. The molecule has 4 heteroatoms. The van der Waals surface area contributed by atoms with E-state index in [9.17, 15) is 9.50 Å². The van der Waals surface area contributed by atoms with Crippen LogP contribution in [0.5, 0.6) is 5.75 Å². The third-order valence-electron chi connectivity index (χ3n) is 3.10. The van der Waals surface area contributed by atoms with Crippen LogP contribution in [0.15, 0.2) is 40.9 Å². The maximum absolute atomic E-state index is 13.1. The van der Waals surface area contributed by atoms with E-state index < -0.39 is 6.10 Å². The molecule has 0 saturated heterocycles. The van der Waals surface area contributed by atoms with Gasteiger partial charge in [-0.1, -0.05) is 12.1 Å². The summed E-state index contributed by atoms with van der Waals surface area (Å²) in [6, 6.07) is 9.82. The molecule has 0 aliphatic carbocycles. The van der Waals surface area contributed by atoms with Crippen LogP contribution in [0.4, 0.5) is 4.39 Å². The van der Waals surface area contributed by atoms with Crippen molar-refractivity contribution in [3.63, 3.8) is 0 Å². The number of aryl methyl sites for hydroxylation is 1. The summed E-state index contributed by atoms with van der Waals surface area (Å²) in [5, 5.41) is 10.4. The van der Waals surface area contributed by atoms with E-state index in [1.807, 2.05) is 25.1 Å². The lowest BCUT2D eigenvalue weighted by molar-refractivity contribution is 0.219. The third kappa shape index (κ3) is 3.19. The molecule has 0 spiro atoms. The van der Waals surface area contributed by atoms with Crippen molar-refractivity contribution in [1.29, 1.82) is 0 Å². The number of hydrogen-bond acceptors (Lipinski definition) is 2. The number of aliphatic hydroxyl groups excluding tert-OH is 1. The van der Waals surface area contributed by atoms with Crippen molar-refractivity contribution in [3.8, 4) is 5.75 Å². The van der Waals surface area contributed by atoms with Crippen LogP contribution >= 0.6 is 15.9 Å². The van der Waals surface area contributed by atoms with Crippen molar-refractivity contribution in [1.82, 2.24) is 0 Å². The van der Waals surface area contributed by atoms with E-state index in [1.54, 1.807) is 13.0 Å². The van der Waals surface area contributed by atoms with Gasteiger partial charge in [0.2, 0.25) is 0 Å². The Balaban J connectivity index is 2.33. The predicted octanol–water partition coefficient (Wildman–Crippen LogP) is 4.38. The molecule has 0 aromatic heterocycles. The Hall–Kier alpha value is -1.39. The second-order valence-electron chi connectivity index (χ2n) is 4.53. The van der Waals surface area contributed by atoms with E-state index in [4.69, 9.17) is 4.74 Å². The van der Waals surface area contributed by atoms with Crippen LogP contribution in [-0.4, -0.2) is 11.7 Å². The summed E-state index contributed by atoms with van der Waals surface area (Å²) in [6.07, 6.45) is -0.789. The summed E-state index contributed by atoms with van der Waals surface area (Å²) in [6.45, 7) is 4.28. The monoisotopic (exact) mass is 338 g/mol. The molecule has 1 unspecified atom stereocenters. The number of rotatable bonds is 4. The summed E-state index contributed by atoms with van der Waals surface area (Å²) < 4.78 is 19.3. The predicted molar refractivity (Wildman–Crippen MR) is 80.5 cm³/mol. The van der Waals surface area contributed by atoms with Gasteiger partial charge in [-0.25, -0.2) is 4.39 Å². The lowest BCUT2D eigenvalue weighted by atomic mass is 9.97. The molecule has 2 aromatic rings. The zero-order chi connectivity index (χ0) is 14.7. The van der Waals surface area contributed by atoms with E-state index in [-0.39, 0.29) is 5.82 Å². The minimum atomic E-state index is -0.789. The molecule has 0 aliphatic heterocycles. The standard InChI is InChI=1S/C16H16BrFO2/c1-3-20-15-7-4-11(9-14(15)17)16(19)13-6-5-12(18)8-10(13)2/h4-9,16,19H,3H2,1-2H3. The van der Waals surface area contributed by atoms with Crippen molar-refractivity contribution in [2.45, 2.75) is 20.0 Å². The highest BCUT2D eigenvalue weighted by molar-refractivity contribution is 9.10. The molecule has 1 atom stereocenters. The molecule has 0 amide bonds. The molecule has 0 aliphatic rings. The lowest BCUT2D eigenvalue weighted by Crippen LogP contribution is -2.03. The van der Waals surface area contributed by atoms with Crippen molar-refractivity contribution >= 4 is 15.9 Å².